The lowest BCUT2D eigenvalue weighted by atomic mass is 9.96. The van der Waals surface area contributed by atoms with Gasteiger partial charge in [0.05, 0.1) is 10.2 Å². The van der Waals surface area contributed by atoms with Crippen LogP contribution in [0.2, 0.25) is 0 Å². The fourth-order valence-corrected chi connectivity index (χ4v) is 4.15. The highest BCUT2D eigenvalue weighted by molar-refractivity contribution is 7.23. The Morgan fingerprint density at radius 3 is 2.87 bits per heavy atom. The summed E-state index contributed by atoms with van der Waals surface area (Å²) in [5.41, 5.74) is 0.735. The van der Waals surface area contributed by atoms with Crippen molar-refractivity contribution in [3.63, 3.8) is 0 Å². The lowest BCUT2D eigenvalue weighted by molar-refractivity contribution is 0.442. The molecule has 4 rings (SSSR count). The van der Waals surface area contributed by atoms with Gasteiger partial charge in [0, 0.05) is 12.3 Å². The molecule has 1 aromatic carbocycles. The summed E-state index contributed by atoms with van der Waals surface area (Å²) in [6.45, 7) is 0. The van der Waals surface area contributed by atoms with Gasteiger partial charge in [-0.05, 0) is 25.0 Å². The number of fused-ring (bicyclic) bond motifs is 3. The van der Waals surface area contributed by atoms with Crippen molar-refractivity contribution < 1.29 is 5.11 Å². The molecule has 1 aliphatic carbocycles. The first-order chi connectivity index (χ1) is 11.2. The lowest BCUT2D eigenvalue weighted by Gasteiger charge is -2.17. The molecule has 0 amide bonds. The Kier molecular flexibility index (Phi) is 3.61. The Labute approximate surface area is 137 Å². The van der Waals surface area contributed by atoms with E-state index in [1.165, 1.54) is 36.8 Å². The van der Waals surface area contributed by atoms with Gasteiger partial charge in [0.1, 0.15) is 5.56 Å². The van der Waals surface area contributed by atoms with Crippen molar-refractivity contribution in [1.82, 2.24) is 9.38 Å². The molecule has 1 aliphatic rings. The van der Waals surface area contributed by atoms with Gasteiger partial charge >= 0.3 is 0 Å². The zero-order valence-corrected chi connectivity index (χ0v) is 13.4. The van der Waals surface area contributed by atoms with Crippen LogP contribution in [0.25, 0.3) is 15.2 Å². The Balaban J connectivity index is 1.84. The van der Waals surface area contributed by atoms with Crippen molar-refractivity contribution in [3.05, 3.63) is 40.2 Å². The number of hydrogen-bond donors (Lipinski definition) is 1. The summed E-state index contributed by atoms with van der Waals surface area (Å²) in [6, 6.07) is 7.90. The topological polar surface area (TPSA) is 67.0 Å². The molecule has 0 atom stereocenters. The summed E-state index contributed by atoms with van der Waals surface area (Å²) >= 11 is 1.39. The monoisotopic (exact) mass is 327 g/mol. The lowest BCUT2D eigenvalue weighted by Crippen LogP contribution is -2.19. The molecule has 1 fully saturated rings. The summed E-state index contributed by atoms with van der Waals surface area (Å²) in [5.74, 6) is -0.235. The molecule has 118 valence electrons. The van der Waals surface area contributed by atoms with Crippen LogP contribution in [0.5, 0.6) is 5.88 Å². The van der Waals surface area contributed by atoms with Crippen molar-refractivity contribution in [3.8, 4) is 5.88 Å². The maximum absolute atomic E-state index is 12.8. The smallest absolute Gasteiger partial charge is 0.271 e. The number of benzene rings is 1. The van der Waals surface area contributed by atoms with E-state index in [-0.39, 0.29) is 23.0 Å². The van der Waals surface area contributed by atoms with E-state index in [2.05, 4.69) is 9.98 Å². The van der Waals surface area contributed by atoms with E-state index in [9.17, 15) is 9.90 Å². The molecular weight excluding hydrogens is 310 g/mol. The van der Waals surface area contributed by atoms with Crippen LogP contribution in [0.4, 0.5) is 0 Å². The van der Waals surface area contributed by atoms with E-state index >= 15 is 0 Å². The molecule has 0 spiro atoms. The second kappa shape index (κ2) is 5.77. The largest absolute Gasteiger partial charge is 0.493 e. The van der Waals surface area contributed by atoms with E-state index in [0.29, 0.717) is 4.96 Å². The number of rotatable bonds is 2. The highest BCUT2D eigenvalue weighted by Crippen LogP contribution is 2.25. The molecular formula is C17H17N3O2S. The molecule has 1 N–H and O–H groups in total. The summed E-state index contributed by atoms with van der Waals surface area (Å²) in [5, 5.41) is 10.1. The Hall–Kier alpha value is -2.21. The quantitative estimate of drug-likeness (QED) is 0.734. The first-order valence-electron chi connectivity index (χ1n) is 7.90. The molecule has 0 saturated heterocycles. The van der Waals surface area contributed by atoms with Gasteiger partial charge in [0.2, 0.25) is 10.8 Å². The molecule has 2 heterocycles. The zero-order valence-electron chi connectivity index (χ0n) is 12.6. The predicted molar refractivity (Wildman–Crippen MR) is 93.0 cm³/mol. The van der Waals surface area contributed by atoms with Crippen LogP contribution in [0, 0.1) is 0 Å². The van der Waals surface area contributed by atoms with Gasteiger partial charge in [0.25, 0.3) is 5.56 Å². The van der Waals surface area contributed by atoms with E-state index in [1.54, 1.807) is 4.40 Å². The van der Waals surface area contributed by atoms with Gasteiger partial charge in [-0.3, -0.25) is 14.2 Å². The van der Waals surface area contributed by atoms with Gasteiger partial charge in [-0.25, -0.2) is 0 Å². The average molecular weight is 327 g/mol. The second-order valence-corrected chi connectivity index (χ2v) is 6.92. The Morgan fingerprint density at radius 1 is 1.26 bits per heavy atom. The van der Waals surface area contributed by atoms with E-state index in [1.807, 2.05) is 24.3 Å². The van der Waals surface area contributed by atoms with Crippen LogP contribution in [-0.4, -0.2) is 26.7 Å². The molecule has 23 heavy (non-hydrogen) atoms. The predicted octanol–water partition coefficient (Wildman–Crippen LogP) is 3.37. The fraction of sp³-hybridized carbons (Fsp3) is 0.353. The second-order valence-electron chi connectivity index (χ2n) is 5.91. The van der Waals surface area contributed by atoms with Gasteiger partial charge in [-0.2, -0.15) is 4.98 Å². The zero-order chi connectivity index (χ0) is 15.8. The number of aliphatic imine (C=N–C) groups is 1. The van der Waals surface area contributed by atoms with Gasteiger partial charge in [0.15, 0.2) is 0 Å². The van der Waals surface area contributed by atoms with Crippen molar-refractivity contribution in [2.75, 3.05) is 0 Å². The van der Waals surface area contributed by atoms with Gasteiger partial charge < -0.3 is 5.11 Å². The minimum atomic E-state index is -0.260. The van der Waals surface area contributed by atoms with Crippen molar-refractivity contribution in [1.29, 1.82) is 0 Å². The van der Waals surface area contributed by atoms with Gasteiger partial charge in [-0.15, -0.1) is 0 Å². The maximum atomic E-state index is 12.8. The molecule has 6 heteroatoms. The maximum Gasteiger partial charge on any atom is 0.271 e. The number of aromatic nitrogens is 2. The third-order valence-electron chi connectivity index (χ3n) is 4.36. The minimum Gasteiger partial charge on any atom is -0.493 e. The standard InChI is InChI=1S/C17H17N3O2S/c21-15-12(10-18-11-6-2-1-3-7-11)16(22)20-13-8-4-5-9-14(13)23-17(20)19-15/h4-5,8-11,21H,1-3,6-7H2. The third-order valence-corrected chi connectivity index (χ3v) is 5.39. The van der Waals surface area contributed by atoms with Crippen LogP contribution >= 0.6 is 11.3 Å². The first kappa shape index (κ1) is 14.4. The highest BCUT2D eigenvalue weighted by atomic mass is 32.1. The molecule has 2 aromatic heterocycles. The molecule has 1 saturated carbocycles. The van der Waals surface area contributed by atoms with E-state index < -0.39 is 0 Å². The fourth-order valence-electron chi connectivity index (χ4n) is 3.13. The average Bonchev–Trinajstić information content (AvgIpc) is 2.93. The van der Waals surface area contributed by atoms with Crippen molar-refractivity contribution >= 4 is 32.7 Å². The molecule has 0 unspecified atom stereocenters. The van der Waals surface area contributed by atoms with E-state index in [4.69, 9.17) is 0 Å². The number of para-hydroxylation sites is 1. The normalized spacial score (nSPS) is 16.7. The van der Waals surface area contributed by atoms with Crippen molar-refractivity contribution in [2.24, 2.45) is 4.99 Å². The highest BCUT2D eigenvalue weighted by Gasteiger charge is 2.16. The summed E-state index contributed by atoms with van der Waals surface area (Å²) in [4.78, 5) is 22.0. The van der Waals surface area contributed by atoms with Crippen LogP contribution < -0.4 is 5.56 Å². The number of hydrogen-bond acceptors (Lipinski definition) is 5. The molecule has 0 aliphatic heterocycles. The molecule has 3 aromatic rings. The molecule has 0 bridgehead atoms. The van der Waals surface area contributed by atoms with Crippen LogP contribution in [0.3, 0.4) is 0 Å². The SMILES string of the molecule is O=c1c(C=NC2CCCCC2)c(O)nc2sc3ccccc3n12. The third kappa shape index (κ3) is 2.53. The van der Waals surface area contributed by atoms with E-state index in [0.717, 1.165) is 23.1 Å². The Morgan fingerprint density at radius 2 is 2.04 bits per heavy atom. The summed E-state index contributed by atoms with van der Waals surface area (Å²) in [7, 11) is 0. The van der Waals surface area contributed by atoms with Crippen molar-refractivity contribution in [2.45, 2.75) is 38.1 Å². The molecule has 0 radical (unpaired) electrons. The minimum absolute atomic E-state index is 0.177. The summed E-state index contributed by atoms with van der Waals surface area (Å²) in [6.07, 6.45) is 7.23. The first-order valence-corrected chi connectivity index (χ1v) is 8.72. The van der Waals surface area contributed by atoms with Gasteiger partial charge in [-0.1, -0.05) is 42.7 Å². The number of nitrogens with zero attached hydrogens (tertiary/aromatic N) is 3. The van der Waals surface area contributed by atoms with Crippen LogP contribution in [-0.2, 0) is 0 Å². The molecule has 5 nitrogen and oxygen atoms in total. The number of aromatic hydroxyl groups is 1. The number of thiazole rings is 1. The van der Waals surface area contributed by atoms with Crippen LogP contribution in [0.15, 0.2) is 34.1 Å². The van der Waals surface area contributed by atoms with Crippen LogP contribution in [0.1, 0.15) is 37.7 Å². The Bertz CT molecular complexity index is 952. The summed E-state index contributed by atoms with van der Waals surface area (Å²) < 4.78 is 2.53.